The topological polar surface area (TPSA) is 50.2 Å². The molecule has 0 atom stereocenters. The van der Waals surface area contributed by atoms with Gasteiger partial charge in [0.25, 0.3) is 0 Å². The minimum atomic E-state index is -0.808. The number of carboxylic acid groups (broad SMARTS) is 1. The van der Waals surface area contributed by atoms with Gasteiger partial charge in [-0.15, -0.1) is 0 Å². The van der Waals surface area contributed by atoms with Gasteiger partial charge in [-0.2, -0.15) is 0 Å². The highest BCUT2D eigenvalue weighted by atomic mass is 16.4. The average molecular weight is 201 g/mol. The van der Waals surface area contributed by atoms with E-state index in [1.807, 2.05) is 31.2 Å². The molecule has 0 aliphatic carbocycles. The van der Waals surface area contributed by atoms with Gasteiger partial charge in [0.15, 0.2) is 0 Å². The van der Waals surface area contributed by atoms with Gasteiger partial charge >= 0.3 is 5.97 Å². The number of benzene rings is 1. The summed E-state index contributed by atoms with van der Waals surface area (Å²) in [5, 5.41) is 10.8. The molecule has 0 fully saturated rings. The van der Waals surface area contributed by atoms with Crippen LogP contribution in [0.1, 0.15) is 11.3 Å². The Bertz CT molecular complexity index is 520. The highest BCUT2D eigenvalue weighted by molar-refractivity contribution is 5.89. The van der Waals surface area contributed by atoms with E-state index in [1.54, 1.807) is 6.20 Å². The molecule has 2 rings (SSSR count). The zero-order valence-electron chi connectivity index (χ0n) is 8.40. The quantitative estimate of drug-likeness (QED) is 0.810. The molecule has 15 heavy (non-hydrogen) atoms. The van der Waals surface area contributed by atoms with Gasteiger partial charge < -0.3 is 5.11 Å². The van der Waals surface area contributed by atoms with E-state index >= 15 is 0 Å². The van der Waals surface area contributed by atoms with E-state index in [0.29, 0.717) is 0 Å². The second kappa shape index (κ2) is 3.69. The van der Waals surface area contributed by atoms with Gasteiger partial charge in [0.1, 0.15) is 0 Å². The van der Waals surface area contributed by atoms with E-state index in [9.17, 15) is 4.79 Å². The van der Waals surface area contributed by atoms with Crippen molar-refractivity contribution in [2.75, 3.05) is 0 Å². The number of hydrogen-bond acceptors (Lipinski definition) is 2. The summed E-state index contributed by atoms with van der Waals surface area (Å²) in [5.74, 6) is -0.808. The Labute approximate surface area is 87.4 Å². The summed E-state index contributed by atoms with van der Waals surface area (Å²) in [6.07, 6.45) is 1.77. The summed E-state index contributed by atoms with van der Waals surface area (Å²) in [6, 6.07) is 7.54. The monoisotopic (exact) mass is 201 g/mol. The van der Waals surface area contributed by atoms with Crippen LogP contribution in [-0.4, -0.2) is 16.1 Å². The second-order valence-electron chi connectivity index (χ2n) is 3.48. The smallest absolute Gasteiger partial charge is 0.307 e. The number of nitrogens with zero attached hydrogens (tertiary/aromatic N) is 1. The van der Waals surface area contributed by atoms with Crippen LogP contribution in [0.5, 0.6) is 0 Å². The van der Waals surface area contributed by atoms with Crippen molar-refractivity contribution in [1.82, 2.24) is 4.98 Å². The van der Waals surface area contributed by atoms with Crippen molar-refractivity contribution in [3.05, 3.63) is 41.7 Å². The first-order chi connectivity index (χ1) is 7.18. The molecule has 76 valence electrons. The van der Waals surface area contributed by atoms with Crippen molar-refractivity contribution in [2.24, 2.45) is 0 Å². The third kappa shape index (κ3) is 1.81. The summed E-state index contributed by atoms with van der Waals surface area (Å²) in [7, 11) is 0. The van der Waals surface area contributed by atoms with Gasteiger partial charge in [-0.3, -0.25) is 9.78 Å². The minimum absolute atomic E-state index is 0.0563. The third-order valence-corrected chi connectivity index (χ3v) is 2.44. The normalized spacial score (nSPS) is 10.5. The second-order valence-corrected chi connectivity index (χ2v) is 3.48. The lowest BCUT2D eigenvalue weighted by molar-refractivity contribution is -0.136. The van der Waals surface area contributed by atoms with Crippen LogP contribution in [0.4, 0.5) is 0 Å². The molecular formula is C12H11NO2. The van der Waals surface area contributed by atoms with Crippen molar-refractivity contribution < 1.29 is 9.90 Å². The summed E-state index contributed by atoms with van der Waals surface area (Å²) in [4.78, 5) is 14.9. The van der Waals surface area contributed by atoms with Gasteiger partial charge in [0.05, 0.1) is 6.42 Å². The number of aliphatic carboxylic acids is 1. The molecule has 0 spiro atoms. The van der Waals surface area contributed by atoms with E-state index in [0.717, 1.165) is 22.0 Å². The summed E-state index contributed by atoms with van der Waals surface area (Å²) >= 11 is 0. The Kier molecular flexibility index (Phi) is 2.37. The molecule has 1 heterocycles. The molecule has 0 radical (unpaired) electrons. The maximum absolute atomic E-state index is 10.7. The number of fused-ring (bicyclic) bond motifs is 1. The van der Waals surface area contributed by atoms with Crippen molar-refractivity contribution in [3.8, 4) is 0 Å². The largest absolute Gasteiger partial charge is 0.481 e. The predicted molar refractivity (Wildman–Crippen MR) is 57.8 cm³/mol. The molecule has 0 bridgehead atoms. The van der Waals surface area contributed by atoms with Gasteiger partial charge in [-0.1, -0.05) is 18.2 Å². The lowest BCUT2D eigenvalue weighted by Crippen LogP contribution is -2.00. The number of carboxylic acids is 1. The number of aromatic nitrogens is 1. The fraction of sp³-hybridized carbons (Fsp3) is 0.167. The summed E-state index contributed by atoms with van der Waals surface area (Å²) in [6.45, 7) is 1.92. The van der Waals surface area contributed by atoms with E-state index < -0.39 is 5.97 Å². The molecule has 0 unspecified atom stereocenters. The van der Waals surface area contributed by atoms with Crippen LogP contribution in [0.15, 0.2) is 30.5 Å². The Balaban J connectivity index is 2.65. The first-order valence-electron chi connectivity index (χ1n) is 4.73. The standard InChI is InChI=1S/C12H11NO2/c1-8-10-4-2-3-9(7-12(14)15)11(10)5-6-13-8/h2-6H,7H2,1H3,(H,14,15). The molecule has 1 N–H and O–H groups in total. The molecule has 0 aliphatic heterocycles. The molecule has 3 heteroatoms. The Morgan fingerprint density at radius 1 is 1.33 bits per heavy atom. The fourth-order valence-electron chi connectivity index (χ4n) is 1.74. The van der Waals surface area contributed by atoms with Crippen molar-refractivity contribution in [1.29, 1.82) is 0 Å². The number of rotatable bonds is 2. The Morgan fingerprint density at radius 3 is 2.87 bits per heavy atom. The highest BCUT2D eigenvalue weighted by Gasteiger charge is 2.06. The van der Waals surface area contributed by atoms with E-state index in [4.69, 9.17) is 5.11 Å². The van der Waals surface area contributed by atoms with Crippen LogP contribution >= 0.6 is 0 Å². The molecular weight excluding hydrogens is 190 g/mol. The summed E-state index contributed by atoms with van der Waals surface area (Å²) in [5.41, 5.74) is 1.77. The first-order valence-corrected chi connectivity index (χ1v) is 4.73. The predicted octanol–water partition coefficient (Wildman–Crippen LogP) is 2.17. The van der Waals surface area contributed by atoms with Gasteiger partial charge in [0.2, 0.25) is 0 Å². The van der Waals surface area contributed by atoms with Crippen molar-refractivity contribution in [2.45, 2.75) is 13.3 Å². The molecule has 0 saturated carbocycles. The van der Waals surface area contributed by atoms with Crippen LogP contribution in [0.2, 0.25) is 0 Å². The van der Waals surface area contributed by atoms with Gasteiger partial charge in [-0.25, -0.2) is 0 Å². The number of aryl methyl sites for hydroxylation is 1. The Hall–Kier alpha value is -1.90. The molecule has 1 aromatic heterocycles. The molecule has 2 aromatic rings. The third-order valence-electron chi connectivity index (χ3n) is 2.44. The molecule has 0 amide bonds. The number of hydrogen-bond donors (Lipinski definition) is 1. The minimum Gasteiger partial charge on any atom is -0.481 e. The van der Waals surface area contributed by atoms with Gasteiger partial charge in [-0.05, 0) is 23.9 Å². The maximum Gasteiger partial charge on any atom is 0.307 e. The molecule has 0 aliphatic rings. The number of carbonyl (C=O) groups is 1. The lowest BCUT2D eigenvalue weighted by atomic mass is 10.0. The zero-order valence-corrected chi connectivity index (χ0v) is 8.40. The highest BCUT2D eigenvalue weighted by Crippen LogP contribution is 2.20. The van der Waals surface area contributed by atoms with E-state index in [2.05, 4.69) is 4.98 Å². The number of pyridine rings is 1. The maximum atomic E-state index is 10.7. The van der Waals surface area contributed by atoms with E-state index in [1.165, 1.54) is 0 Å². The van der Waals surface area contributed by atoms with Crippen LogP contribution in [-0.2, 0) is 11.2 Å². The van der Waals surface area contributed by atoms with Crippen molar-refractivity contribution in [3.63, 3.8) is 0 Å². The molecule has 3 nitrogen and oxygen atoms in total. The van der Waals surface area contributed by atoms with Crippen LogP contribution in [0, 0.1) is 6.92 Å². The van der Waals surface area contributed by atoms with Crippen LogP contribution in [0.3, 0.4) is 0 Å². The SMILES string of the molecule is Cc1nccc2c(CC(=O)O)cccc12. The Morgan fingerprint density at radius 2 is 2.13 bits per heavy atom. The molecule has 0 saturated heterocycles. The molecule has 1 aromatic carbocycles. The van der Waals surface area contributed by atoms with Crippen LogP contribution < -0.4 is 0 Å². The first kappa shape index (κ1) is 9.65. The lowest BCUT2D eigenvalue weighted by Gasteiger charge is -2.05. The van der Waals surface area contributed by atoms with E-state index in [-0.39, 0.29) is 6.42 Å². The zero-order chi connectivity index (χ0) is 10.8. The van der Waals surface area contributed by atoms with Crippen molar-refractivity contribution >= 4 is 16.7 Å². The average Bonchev–Trinajstić information content (AvgIpc) is 2.19. The fourth-order valence-corrected chi connectivity index (χ4v) is 1.74. The summed E-state index contributed by atoms with van der Waals surface area (Å²) < 4.78 is 0. The van der Waals surface area contributed by atoms with Crippen LogP contribution in [0.25, 0.3) is 10.8 Å². The van der Waals surface area contributed by atoms with Gasteiger partial charge in [0, 0.05) is 17.3 Å².